The molecule has 0 radical (unpaired) electrons. The van der Waals surface area contributed by atoms with Gasteiger partial charge in [0.15, 0.2) is 0 Å². The van der Waals surface area contributed by atoms with Crippen molar-refractivity contribution in [3.63, 3.8) is 0 Å². The molecule has 0 bridgehead atoms. The summed E-state index contributed by atoms with van der Waals surface area (Å²) in [6, 6.07) is 0.230. The van der Waals surface area contributed by atoms with E-state index in [1.165, 1.54) is 0 Å². The molecule has 0 aliphatic heterocycles. The molecule has 0 aliphatic rings. The first kappa shape index (κ1) is 8.88. The summed E-state index contributed by atoms with van der Waals surface area (Å²) in [5, 5.41) is 11.6. The molecule has 4 N–H and O–H groups in total. The van der Waals surface area contributed by atoms with Crippen molar-refractivity contribution in [2.45, 2.75) is 18.9 Å². The molecule has 0 rings (SSSR count). The number of aliphatic hydroxyl groups excluding tert-OH is 1. The molecule has 0 saturated heterocycles. The number of hydrogen-bond acceptors (Lipinski definition) is 3. The van der Waals surface area contributed by atoms with Crippen molar-refractivity contribution < 1.29 is 5.11 Å². The van der Waals surface area contributed by atoms with Gasteiger partial charge < -0.3 is 16.2 Å². The Balaban J connectivity index is 3.09. The molecule has 0 heterocycles. The van der Waals surface area contributed by atoms with Gasteiger partial charge in [-0.1, -0.05) is 0 Å². The lowest BCUT2D eigenvalue weighted by molar-refractivity contribution is 0.241. The first-order valence-corrected chi connectivity index (χ1v) is 3.33. The van der Waals surface area contributed by atoms with Crippen molar-refractivity contribution >= 4 is 0 Å². The first-order valence-electron chi connectivity index (χ1n) is 3.33. The fraction of sp³-hybridized carbons (Fsp3) is 1.00. The van der Waals surface area contributed by atoms with E-state index < -0.39 is 0 Å². The van der Waals surface area contributed by atoms with Crippen LogP contribution in [-0.4, -0.2) is 31.3 Å². The zero-order valence-corrected chi connectivity index (χ0v) is 5.93. The number of aliphatic hydroxyl groups is 1. The van der Waals surface area contributed by atoms with Crippen molar-refractivity contribution in [2.75, 3.05) is 20.2 Å². The fourth-order valence-electron chi connectivity index (χ4n) is 0.691. The maximum Gasteiger partial charge on any atom is 0.0584 e. The molecule has 0 aromatic heterocycles. The molecule has 0 spiro atoms. The summed E-state index contributed by atoms with van der Waals surface area (Å²) in [5.41, 5.74) is 5.28. The second-order valence-electron chi connectivity index (χ2n) is 2.10. The molecular formula is C6H16N2O. The van der Waals surface area contributed by atoms with Crippen molar-refractivity contribution in [1.82, 2.24) is 5.32 Å². The Kier molecular flexibility index (Phi) is 5.93. The lowest BCUT2D eigenvalue weighted by Gasteiger charge is -2.10. The molecule has 0 aliphatic carbocycles. The standard InChI is InChI=1S/C6H16N2O/c1-8-6(5-9)3-2-4-7/h6,8-9H,2-5,7H2,1H3/t6-/m0/s1. The van der Waals surface area contributed by atoms with Gasteiger partial charge in [0.05, 0.1) is 6.61 Å². The summed E-state index contributed by atoms with van der Waals surface area (Å²) in [5.74, 6) is 0. The predicted octanol–water partition coefficient (Wildman–Crippen LogP) is -0.694. The largest absolute Gasteiger partial charge is 0.395 e. The monoisotopic (exact) mass is 132 g/mol. The smallest absolute Gasteiger partial charge is 0.0584 e. The summed E-state index contributed by atoms with van der Waals surface area (Å²) in [6.07, 6.45) is 1.94. The van der Waals surface area contributed by atoms with E-state index in [4.69, 9.17) is 10.8 Å². The highest BCUT2D eigenvalue weighted by molar-refractivity contribution is 4.61. The highest BCUT2D eigenvalue weighted by atomic mass is 16.3. The molecule has 0 amide bonds. The Labute approximate surface area is 56.2 Å². The number of nitrogens with two attached hydrogens (primary N) is 1. The van der Waals surface area contributed by atoms with Crippen LogP contribution < -0.4 is 11.1 Å². The van der Waals surface area contributed by atoms with E-state index in [9.17, 15) is 0 Å². The first-order chi connectivity index (χ1) is 4.35. The van der Waals surface area contributed by atoms with Crippen LogP contribution in [0, 0.1) is 0 Å². The lowest BCUT2D eigenvalue weighted by Crippen LogP contribution is -2.29. The number of likely N-dealkylation sites (N-methyl/N-ethyl adjacent to an activating group) is 1. The van der Waals surface area contributed by atoms with Gasteiger partial charge >= 0.3 is 0 Å². The van der Waals surface area contributed by atoms with Crippen LogP contribution >= 0.6 is 0 Å². The van der Waals surface area contributed by atoms with Gasteiger partial charge in [0.2, 0.25) is 0 Å². The molecule has 3 nitrogen and oxygen atoms in total. The summed E-state index contributed by atoms with van der Waals surface area (Å²) in [4.78, 5) is 0. The Morgan fingerprint density at radius 3 is 2.67 bits per heavy atom. The Morgan fingerprint density at radius 1 is 1.67 bits per heavy atom. The number of rotatable bonds is 5. The minimum Gasteiger partial charge on any atom is -0.395 e. The van der Waals surface area contributed by atoms with Gasteiger partial charge in [0.1, 0.15) is 0 Å². The van der Waals surface area contributed by atoms with E-state index >= 15 is 0 Å². The van der Waals surface area contributed by atoms with Gasteiger partial charge in [-0.2, -0.15) is 0 Å². The van der Waals surface area contributed by atoms with Crippen LogP contribution in [-0.2, 0) is 0 Å². The van der Waals surface area contributed by atoms with Crippen LogP contribution in [0.25, 0.3) is 0 Å². The lowest BCUT2D eigenvalue weighted by atomic mass is 10.2. The molecular weight excluding hydrogens is 116 g/mol. The van der Waals surface area contributed by atoms with Crippen LogP contribution in [0.5, 0.6) is 0 Å². The summed E-state index contributed by atoms with van der Waals surface area (Å²) in [7, 11) is 1.84. The summed E-state index contributed by atoms with van der Waals surface area (Å²) >= 11 is 0. The van der Waals surface area contributed by atoms with E-state index in [2.05, 4.69) is 5.32 Å². The number of nitrogens with one attached hydrogen (secondary N) is 1. The van der Waals surface area contributed by atoms with E-state index in [-0.39, 0.29) is 12.6 Å². The third-order valence-electron chi connectivity index (χ3n) is 1.39. The van der Waals surface area contributed by atoms with Crippen molar-refractivity contribution in [3.05, 3.63) is 0 Å². The zero-order valence-electron chi connectivity index (χ0n) is 5.93. The van der Waals surface area contributed by atoms with E-state index in [1.54, 1.807) is 0 Å². The normalized spacial score (nSPS) is 13.7. The zero-order chi connectivity index (χ0) is 7.11. The molecule has 9 heavy (non-hydrogen) atoms. The topological polar surface area (TPSA) is 58.3 Å². The Bertz CT molecular complexity index is 55.0. The third kappa shape index (κ3) is 4.39. The molecule has 56 valence electrons. The SMILES string of the molecule is CN[C@H](CO)CCCN. The van der Waals surface area contributed by atoms with Gasteiger partial charge in [-0.3, -0.25) is 0 Å². The third-order valence-corrected chi connectivity index (χ3v) is 1.39. The fourth-order valence-corrected chi connectivity index (χ4v) is 0.691. The van der Waals surface area contributed by atoms with Gasteiger partial charge in [-0.05, 0) is 26.4 Å². The van der Waals surface area contributed by atoms with Crippen molar-refractivity contribution in [3.8, 4) is 0 Å². The van der Waals surface area contributed by atoms with Crippen LogP contribution in [0.1, 0.15) is 12.8 Å². The highest BCUT2D eigenvalue weighted by Gasteiger charge is 2.00. The van der Waals surface area contributed by atoms with Gasteiger partial charge in [-0.25, -0.2) is 0 Å². The van der Waals surface area contributed by atoms with E-state index in [1.807, 2.05) is 7.05 Å². The molecule has 0 fully saturated rings. The molecule has 1 atom stereocenters. The van der Waals surface area contributed by atoms with E-state index in [0.29, 0.717) is 6.54 Å². The van der Waals surface area contributed by atoms with E-state index in [0.717, 1.165) is 12.8 Å². The van der Waals surface area contributed by atoms with Crippen molar-refractivity contribution in [2.24, 2.45) is 5.73 Å². The van der Waals surface area contributed by atoms with Crippen LogP contribution in [0.4, 0.5) is 0 Å². The molecule has 0 aromatic carbocycles. The Morgan fingerprint density at radius 2 is 2.33 bits per heavy atom. The maximum atomic E-state index is 8.65. The quantitative estimate of drug-likeness (QED) is 0.464. The average Bonchev–Trinajstić information content (AvgIpc) is 1.91. The van der Waals surface area contributed by atoms with Gasteiger partial charge in [-0.15, -0.1) is 0 Å². The Hall–Kier alpha value is -0.120. The summed E-state index contributed by atoms with van der Waals surface area (Å²) < 4.78 is 0. The number of hydrogen-bond donors (Lipinski definition) is 3. The predicted molar refractivity (Wildman–Crippen MR) is 38.2 cm³/mol. The van der Waals surface area contributed by atoms with Crippen LogP contribution in [0.2, 0.25) is 0 Å². The second-order valence-corrected chi connectivity index (χ2v) is 2.10. The van der Waals surface area contributed by atoms with Crippen LogP contribution in [0.3, 0.4) is 0 Å². The minimum atomic E-state index is 0.205. The maximum absolute atomic E-state index is 8.65. The van der Waals surface area contributed by atoms with Gasteiger partial charge in [0.25, 0.3) is 0 Å². The molecule has 0 aromatic rings. The minimum absolute atomic E-state index is 0.205. The van der Waals surface area contributed by atoms with Gasteiger partial charge in [0, 0.05) is 6.04 Å². The summed E-state index contributed by atoms with van der Waals surface area (Å²) in [6.45, 7) is 0.911. The molecule has 3 heteroatoms. The highest BCUT2D eigenvalue weighted by Crippen LogP contribution is 1.92. The van der Waals surface area contributed by atoms with Crippen LogP contribution in [0.15, 0.2) is 0 Å². The average molecular weight is 132 g/mol. The molecule has 0 saturated carbocycles. The molecule has 0 unspecified atom stereocenters. The van der Waals surface area contributed by atoms with Crippen molar-refractivity contribution in [1.29, 1.82) is 0 Å². The second kappa shape index (κ2) is 6.01.